The minimum atomic E-state index is -0.532. The van der Waals surface area contributed by atoms with E-state index in [9.17, 15) is 10.5 Å². The van der Waals surface area contributed by atoms with Gasteiger partial charge in [-0.2, -0.15) is 10.5 Å². The molecule has 15 rings (SSSR count). The Morgan fingerprint density at radius 1 is 0.345 bits per heavy atom. The predicted octanol–water partition coefficient (Wildman–Crippen LogP) is 16.0. The maximum Gasteiger partial charge on any atom is 0.494 e. The molecule has 0 unspecified atom stereocenters. The first-order valence-electron chi connectivity index (χ1n) is 28.7. The number of halogens is 1. The first kappa shape index (κ1) is 56.8. The van der Waals surface area contributed by atoms with E-state index in [2.05, 4.69) is 191 Å². The molecular weight excluding hydrogens is 1100 g/mol. The van der Waals surface area contributed by atoms with Crippen LogP contribution in [0.2, 0.25) is 5.02 Å². The van der Waals surface area contributed by atoms with Crippen LogP contribution in [0.3, 0.4) is 0 Å². The molecule has 14 heteroatoms. The van der Waals surface area contributed by atoms with Crippen molar-refractivity contribution >= 4 is 61.7 Å². The summed E-state index contributed by atoms with van der Waals surface area (Å²) < 4.78 is 36.8. The molecule has 0 bridgehead atoms. The van der Waals surface area contributed by atoms with Gasteiger partial charge in [-0.1, -0.05) is 144 Å². The maximum absolute atomic E-state index is 9.85. The average molecular weight is 1160 g/mol. The van der Waals surface area contributed by atoms with Gasteiger partial charge in [0.1, 0.15) is 0 Å². The Kier molecular flexibility index (Phi) is 13.4. The fraction of sp³-hybridized carbons (Fsp3) is 0.286. The van der Waals surface area contributed by atoms with Gasteiger partial charge in [0.25, 0.3) is 0 Å². The Morgan fingerprint density at radius 2 is 0.643 bits per heavy atom. The highest BCUT2D eigenvalue weighted by molar-refractivity contribution is 7.99. The molecule has 8 aromatic carbocycles. The molecule has 3 saturated heterocycles. The van der Waals surface area contributed by atoms with Crippen LogP contribution in [0, 0.1) is 22.7 Å². The molecule has 0 radical (unpaired) electrons. The van der Waals surface area contributed by atoms with Crippen LogP contribution in [0.4, 0.5) is 0 Å². The number of hydrogen-bond acceptors (Lipinski definition) is 10. The van der Waals surface area contributed by atoms with E-state index in [0.717, 1.165) is 21.6 Å². The molecule has 0 atom stereocenters. The van der Waals surface area contributed by atoms with Crippen LogP contribution >= 0.6 is 35.1 Å². The van der Waals surface area contributed by atoms with Crippen LogP contribution < -0.4 is 5.46 Å². The third-order valence-corrected chi connectivity index (χ3v) is 22.0. The fourth-order valence-electron chi connectivity index (χ4n) is 13.1. The molecule has 7 aliphatic rings. The lowest BCUT2D eigenvalue weighted by molar-refractivity contribution is 0.00578. The molecule has 8 aromatic rings. The lowest BCUT2D eigenvalue weighted by Crippen LogP contribution is -2.41. The lowest BCUT2D eigenvalue weighted by atomic mass is 9.49. The summed E-state index contributed by atoms with van der Waals surface area (Å²) in [5.41, 5.74) is 13.8. The van der Waals surface area contributed by atoms with E-state index in [1.54, 1.807) is 23.5 Å². The van der Waals surface area contributed by atoms with Crippen molar-refractivity contribution in [2.75, 3.05) is 0 Å². The van der Waals surface area contributed by atoms with E-state index in [1.165, 1.54) is 75.2 Å². The van der Waals surface area contributed by atoms with Crippen LogP contribution in [0.25, 0.3) is 22.3 Å². The number of fused-ring (bicyclic) bond motifs is 18. The highest BCUT2D eigenvalue weighted by atomic mass is 35.5. The summed E-state index contributed by atoms with van der Waals surface area (Å²) in [5, 5.41) is 20.2. The lowest BCUT2D eigenvalue weighted by Gasteiger charge is -2.40. The molecule has 84 heavy (non-hydrogen) atoms. The molecule has 2 spiro atoms. The number of rotatable bonds is 2. The smallest absolute Gasteiger partial charge is 0.405 e. The topological polar surface area (TPSA) is 103 Å². The molecule has 5 aliphatic heterocycles. The van der Waals surface area contributed by atoms with Gasteiger partial charge in [-0.15, -0.1) is 0 Å². The quantitative estimate of drug-likeness (QED) is 0.156. The van der Waals surface area contributed by atoms with E-state index in [-0.39, 0.29) is 22.4 Å². The van der Waals surface area contributed by atoms with Crippen molar-refractivity contribution < 1.29 is 27.9 Å². The molecule has 2 aliphatic carbocycles. The fourth-order valence-corrected chi connectivity index (χ4v) is 15.5. The average Bonchev–Trinajstić information content (AvgIpc) is 1.47. The zero-order chi connectivity index (χ0) is 59.1. The summed E-state index contributed by atoms with van der Waals surface area (Å²) in [6, 6.07) is 64.4. The summed E-state index contributed by atoms with van der Waals surface area (Å²) in [7, 11) is -1.40. The van der Waals surface area contributed by atoms with Crippen molar-refractivity contribution in [3.63, 3.8) is 0 Å². The van der Waals surface area contributed by atoms with Crippen LogP contribution in [0.15, 0.2) is 189 Å². The molecule has 8 nitrogen and oxygen atoms in total. The Balaban J connectivity index is 0.000000125. The first-order valence-corrected chi connectivity index (χ1v) is 30.7. The molecule has 3 fully saturated rings. The van der Waals surface area contributed by atoms with E-state index >= 15 is 0 Å². The second-order valence-corrected chi connectivity index (χ2v) is 28.4. The van der Waals surface area contributed by atoms with Gasteiger partial charge in [-0.05, 0) is 216 Å². The molecule has 0 aromatic heterocycles. The Hall–Kier alpha value is -6.32. The molecule has 418 valence electrons. The van der Waals surface area contributed by atoms with Gasteiger partial charge in [0.2, 0.25) is 0 Å². The highest BCUT2D eigenvalue weighted by Crippen LogP contribution is 2.64. The normalized spacial score (nSPS) is 20.2. The highest BCUT2D eigenvalue weighted by Gasteiger charge is 2.64. The Morgan fingerprint density at radius 3 is 1.00 bits per heavy atom. The maximum atomic E-state index is 9.85. The monoisotopic (exact) mass is 1160 g/mol. The van der Waals surface area contributed by atoms with Gasteiger partial charge in [-0.3, -0.25) is 0 Å². The SMILES string of the molecule is CC1(C)OB(B2OC(C)(C)C(C)(C)O2)OC1(C)C.CC1(C)OB(c2ccc3c(c2)C2(c4cc(C#N)ccc4S3)c3ccccc3-c3ccccc32)OC1(C)C.N#Cc1ccc2c(c1)C1(c3cc(Cl)ccc3S2)c2ccccc2-c2ccccc21. The standard InChI is InChI=1S/C32H26BNO2S.C26H14ClNS.C12H24B2O4/c1-30(2)31(3,4)36-33(35-30)21-14-16-29-27(18-21)32(26-17-20(19-34)13-15-28(26)37-29)24-11-7-5-9-22(24)23-10-6-8-12-25(23)32;27-17-10-12-25-23(14-17)26(22-13-16(15-28)9-11-24(22)29-25)20-7-3-1-5-18(20)19-6-2-4-8-21(19)26;1-9(2)10(3,4)16-13(15-9)14-17-11(5,6)12(7,8)18-14/h5-18H,1-4H3;1-14H;1-8H3. The molecule has 5 heterocycles. The van der Waals surface area contributed by atoms with E-state index in [1.807, 2.05) is 73.6 Å². The van der Waals surface area contributed by atoms with Crippen molar-refractivity contribution in [3.05, 3.63) is 231 Å². The zero-order valence-corrected chi connectivity index (χ0v) is 51.8. The largest absolute Gasteiger partial charge is 0.494 e. The summed E-state index contributed by atoms with van der Waals surface area (Å²) in [6.07, 6.45) is 0. The Labute approximate surface area is 509 Å². The number of nitriles is 2. The number of benzene rings is 8. The van der Waals surface area contributed by atoms with E-state index in [4.69, 9.17) is 39.5 Å². The van der Waals surface area contributed by atoms with Crippen molar-refractivity contribution in [2.24, 2.45) is 0 Å². The van der Waals surface area contributed by atoms with Crippen molar-refractivity contribution in [2.45, 2.75) is 147 Å². The third-order valence-electron chi connectivity index (χ3n) is 19.4. The van der Waals surface area contributed by atoms with Crippen LogP contribution in [0.1, 0.15) is 139 Å². The van der Waals surface area contributed by atoms with Crippen molar-refractivity contribution in [3.8, 4) is 34.4 Å². The third kappa shape index (κ3) is 8.51. The molecular formula is C70H64B3ClN2O6S2. The van der Waals surface area contributed by atoms with E-state index in [0.29, 0.717) is 11.1 Å². The second kappa shape index (κ2) is 19.9. The van der Waals surface area contributed by atoms with E-state index < -0.39 is 43.2 Å². The molecule has 0 saturated carbocycles. The molecule has 0 N–H and O–H groups in total. The number of nitrogens with zero attached hydrogens (tertiary/aromatic N) is 2. The minimum absolute atomic E-state index is 0.360. The van der Waals surface area contributed by atoms with Crippen LogP contribution in [-0.2, 0) is 38.8 Å². The Bertz CT molecular complexity index is 3960. The van der Waals surface area contributed by atoms with Crippen molar-refractivity contribution in [1.82, 2.24) is 0 Å². The second-order valence-electron chi connectivity index (χ2n) is 25.8. The summed E-state index contributed by atoms with van der Waals surface area (Å²) in [4.78, 5) is 4.79. The van der Waals surface area contributed by atoms with Gasteiger partial charge in [0.05, 0.1) is 67.7 Å². The zero-order valence-electron chi connectivity index (χ0n) is 49.4. The van der Waals surface area contributed by atoms with Crippen LogP contribution in [0.5, 0.6) is 0 Å². The number of hydrogen-bond donors (Lipinski definition) is 0. The van der Waals surface area contributed by atoms with Gasteiger partial charge in [0.15, 0.2) is 0 Å². The first-order chi connectivity index (χ1) is 39.9. The predicted molar refractivity (Wildman–Crippen MR) is 338 cm³/mol. The van der Waals surface area contributed by atoms with Crippen LogP contribution in [-0.4, -0.2) is 54.7 Å². The van der Waals surface area contributed by atoms with Gasteiger partial charge >= 0.3 is 21.1 Å². The summed E-state index contributed by atoms with van der Waals surface area (Å²) in [5.74, 6) is 0. The minimum Gasteiger partial charge on any atom is -0.405 e. The van der Waals surface area contributed by atoms with Gasteiger partial charge in [0, 0.05) is 24.6 Å². The molecule has 0 amide bonds. The summed E-state index contributed by atoms with van der Waals surface area (Å²) >= 11 is 10.0. The van der Waals surface area contributed by atoms with Crippen molar-refractivity contribution in [1.29, 1.82) is 10.5 Å². The summed E-state index contributed by atoms with van der Waals surface area (Å²) in [6.45, 7) is 24.6. The van der Waals surface area contributed by atoms with Gasteiger partial charge < -0.3 is 27.9 Å². The van der Waals surface area contributed by atoms with Gasteiger partial charge in [-0.25, -0.2) is 0 Å².